The van der Waals surface area contributed by atoms with Gasteiger partial charge in [0.2, 0.25) is 5.91 Å². The number of hydrogen-bond donors (Lipinski definition) is 2. The van der Waals surface area contributed by atoms with Gasteiger partial charge in [0.1, 0.15) is 0 Å². The molecule has 2 rings (SSSR count). The van der Waals surface area contributed by atoms with Crippen LogP contribution < -0.4 is 10.6 Å². The lowest BCUT2D eigenvalue weighted by atomic mass is 10.1. The van der Waals surface area contributed by atoms with Crippen molar-refractivity contribution >= 4 is 29.9 Å². The summed E-state index contributed by atoms with van der Waals surface area (Å²) < 4.78 is 0. The van der Waals surface area contributed by atoms with Gasteiger partial charge < -0.3 is 15.5 Å². The minimum absolute atomic E-state index is 0. The molecule has 0 unspecified atom stereocenters. The highest BCUT2D eigenvalue weighted by Gasteiger charge is 2.24. The summed E-state index contributed by atoms with van der Waals surface area (Å²) in [6.45, 7) is 6.19. The number of rotatable bonds is 3. The summed E-state index contributed by atoms with van der Waals surface area (Å²) in [6, 6.07) is 7.31. The third-order valence-corrected chi connectivity index (χ3v) is 3.48. The zero-order valence-electron chi connectivity index (χ0n) is 12.4. The molecule has 0 aromatic heterocycles. The molecule has 1 heterocycles. The zero-order chi connectivity index (χ0) is 14.5. The molecule has 21 heavy (non-hydrogen) atoms. The molecule has 0 aliphatic carbocycles. The smallest absolute Gasteiger partial charge is 0.254 e. The molecule has 0 saturated carbocycles. The average Bonchev–Trinajstić information content (AvgIpc) is 2.47. The molecule has 1 atom stereocenters. The number of hydrogen-bond acceptors (Lipinski definition) is 3. The Labute approximate surface area is 131 Å². The van der Waals surface area contributed by atoms with Crippen molar-refractivity contribution in [3.05, 3.63) is 29.8 Å². The third kappa shape index (κ3) is 4.44. The van der Waals surface area contributed by atoms with E-state index in [0.29, 0.717) is 24.2 Å². The van der Waals surface area contributed by atoms with Gasteiger partial charge in [-0.15, -0.1) is 12.4 Å². The molecule has 1 fully saturated rings. The van der Waals surface area contributed by atoms with E-state index in [4.69, 9.17) is 0 Å². The molecule has 5 nitrogen and oxygen atoms in total. The lowest BCUT2D eigenvalue weighted by Gasteiger charge is -2.34. The van der Waals surface area contributed by atoms with Crippen LogP contribution in [-0.4, -0.2) is 42.4 Å². The predicted octanol–water partition coefficient (Wildman–Crippen LogP) is 1.89. The number of halogens is 1. The second-order valence-corrected chi connectivity index (χ2v) is 5.03. The molecule has 6 heteroatoms. The van der Waals surface area contributed by atoms with Crippen molar-refractivity contribution in [3.63, 3.8) is 0 Å². The number of nitrogens with one attached hydrogen (secondary N) is 2. The van der Waals surface area contributed by atoms with Crippen LogP contribution in [0.3, 0.4) is 0 Å². The van der Waals surface area contributed by atoms with Crippen LogP contribution in [-0.2, 0) is 4.79 Å². The van der Waals surface area contributed by atoms with Gasteiger partial charge in [-0.05, 0) is 25.1 Å². The highest BCUT2D eigenvalue weighted by molar-refractivity contribution is 5.97. The van der Waals surface area contributed by atoms with Gasteiger partial charge in [0.15, 0.2) is 0 Å². The van der Waals surface area contributed by atoms with Crippen LogP contribution in [0, 0.1) is 0 Å². The third-order valence-electron chi connectivity index (χ3n) is 3.48. The second kappa shape index (κ2) is 8.00. The lowest BCUT2D eigenvalue weighted by Crippen LogP contribution is -2.52. The summed E-state index contributed by atoms with van der Waals surface area (Å²) >= 11 is 0. The monoisotopic (exact) mass is 311 g/mol. The van der Waals surface area contributed by atoms with Crippen molar-refractivity contribution < 1.29 is 9.59 Å². The highest BCUT2D eigenvalue weighted by atomic mass is 35.5. The van der Waals surface area contributed by atoms with Gasteiger partial charge in [0, 0.05) is 43.3 Å². The van der Waals surface area contributed by atoms with Gasteiger partial charge in [-0.2, -0.15) is 0 Å². The van der Waals surface area contributed by atoms with Crippen molar-refractivity contribution in [3.8, 4) is 0 Å². The summed E-state index contributed by atoms with van der Waals surface area (Å²) in [5.74, 6) is -0.0308. The normalized spacial score (nSPS) is 17.8. The van der Waals surface area contributed by atoms with Crippen molar-refractivity contribution in [2.45, 2.75) is 26.3 Å². The molecule has 116 valence electrons. The van der Waals surface area contributed by atoms with Crippen molar-refractivity contribution in [2.24, 2.45) is 0 Å². The van der Waals surface area contributed by atoms with Gasteiger partial charge in [-0.1, -0.05) is 13.0 Å². The van der Waals surface area contributed by atoms with Gasteiger partial charge in [-0.25, -0.2) is 0 Å². The van der Waals surface area contributed by atoms with E-state index >= 15 is 0 Å². The van der Waals surface area contributed by atoms with E-state index in [1.165, 1.54) is 0 Å². The van der Waals surface area contributed by atoms with E-state index in [1.807, 2.05) is 11.8 Å². The van der Waals surface area contributed by atoms with Crippen LogP contribution in [0.1, 0.15) is 30.6 Å². The molecule has 1 aromatic carbocycles. The van der Waals surface area contributed by atoms with Gasteiger partial charge in [0.25, 0.3) is 5.91 Å². The standard InChI is InChI=1S/C15H21N3O2.ClH/c1-3-14(19)17-13-6-4-5-12(9-13)15(20)18-8-7-16-10-11(18)2;/h4-6,9,11,16H,3,7-8,10H2,1-2H3,(H,17,19);1H/t11-;/m1./s1. The molecular formula is C15H22ClN3O2. The first-order valence-corrected chi connectivity index (χ1v) is 7.03. The number of carbonyl (C=O) groups excluding carboxylic acids is 2. The summed E-state index contributed by atoms with van der Waals surface area (Å²) in [7, 11) is 0. The van der Waals surface area contributed by atoms with Crippen LogP contribution in [0.4, 0.5) is 5.69 Å². The number of carbonyl (C=O) groups is 2. The Morgan fingerprint density at radius 2 is 2.19 bits per heavy atom. The van der Waals surface area contributed by atoms with Crippen molar-refractivity contribution in [2.75, 3.05) is 25.0 Å². The summed E-state index contributed by atoms with van der Waals surface area (Å²) in [5.41, 5.74) is 1.29. The molecule has 2 amide bonds. The Hall–Kier alpha value is -1.59. The number of amides is 2. The Morgan fingerprint density at radius 1 is 1.43 bits per heavy atom. The maximum absolute atomic E-state index is 12.5. The van der Waals surface area contributed by atoms with Crippen molar-refractivity contribution in [1.29, 1.82) is 0 Å². The van der Waals surface area contributed by atoms with E-state index in [2.05, 4.69) is 10.6 Å². The van der Waals surface area contributed by atoms with Gasteiger partial charge in [-0.3, -0.25) is 9.59 Å². The first kappa shape index (κ1) is 17.5. The van der Waals surface area contributed by atoms with Crippen LogP contribution in [0.25, 0.3) is 0 Å². The Bertz CT molecular complexity index is 507. The SMILES string of the molecule is CCC(=O)Nc1cccc(C(=O)N2CCNC[C@H]2C)c1.Cl. The molecule has 0 bridgehead atoms. The zero-order valence-corrected chi connectivity index (χ0v) is 13.2. The molecular weight excluding hydrogens is 290 g/mol. The lowest BCUT2D eigenvalue weighted by molar-refractivity contribution is -0.115. The second-order valence-electron chi connectivity index (χ2n) is 5.03. The number of piperazine rings is 1. The highest BCUT2D eigenvalue weighted by Crippen LogP contribution is 2.15. The molecule has 1 aromatic rings. The maximum atomic E-state index is 12.5. The van der Waals surface area contributed by atoms with Crippen LogP contribution in [0.2, 0.25) is 0 Å². The van der Waals surface area contributed by atoms with Gasteiger partial charge in [0.05, 0.1) is 0 Å². The van der Waals surface area contributed by atoms with E-state index in [0.717, 1.165) is 13.1 Å². The molecule has 2 N–H and O–H groups in total. The quantitative estimate of drug-likeness (QED) is 0.896. The first-order chi connectivity index (χ1) is 9.61. The van der Waals surface area contributed by atoms with E-state index < -0.39 is 0 Å². The minimum atomic E-state index is -0.0508. The number of anilines is 1. The summed E-state index contributed by atoms with van der Waals surface area (Å²) in [5, 5.41) is 6.04. The Kier molecular flexibility index (Phi) is 6.65. The fourth-order valence-corrected chi connectivity index (χ4v) is 2.29. The summed E-state index contributed by atoms with van der Waals surface area (Å²) in [6.07, 6.45) is 0.424. The van der Waals surface area contributed by atoms with Crippen LogP contribution in [0.5, 0.6) is 0 Å². The minimum Gasteiger partial charge on any atom is -0.333 e. The molecule has 1 aliphatic heterocycles. The first-order valence-electron chi connectivity index (χ1n) is 7.03. The fourth-order valence-electron chi connectivity index (χ4n) is 2.29. The Morgan fingerprint density at radius 3 is 2.86 bits per heavy atom. The largest absolute Gasteiger partial charge is 0.333 e. The summed E-state index contributed by atoms with van der Waals surface area (Å²) in [4.78, 5) is 25.8. The van der Waals surface area contributed by atoms with E-state index in [1.54, 1.807) is 31.2 Å². The maximum Gasteiger partial charge on any atom is 0.254 e. The number of nitrogens with zero attached hydrogens (tertiary/aromatic N) is 1. The van der Waals surface area contributed by atoms with Crippen LogP contribution in [0.15, 0.2) is 24.3 Å². The molecule has 1 saturated heterocycles. The molecule has 1 aliphatic rings. The fraction of sp³-hybridized carbons (Fsp3) is 0.467. The predicted molar refractivity (Wildman–Crippen MR) is 86.0 cm³/mol. The number of benzene rings is 1. The topological polar surface area (TPSA) is 61.4 Å². The van der Waals surface area contributed by atoms with Gasteiger partial charge >= 0.3 is 0 Å². The van der Waals surface area contributed by atoms with Crippen LogP contribution >= 0.6 is 12.4 Å². The van der Waals surface area contributed by atoms with E-state index in [9.17, 15) is 9.59 Å². The average molecular weight is 312 g/mol. The van der Waals surface area contributed by atoms with E-state index in [-0.39, 0.29) is 30.3 Å². The Balaban J connectivity index is 0.00000220. The molecule has 0 radical (unpaired) electrons. The van der Waals surface area contributed by atoms with Crippen molar-refractivity contribution in [1.82, 2.24) is 10.2 Å². The molecule has 0 spiro atoms.